The maximum atomic E-state index is 13.1. The average molecular weight is 402 g/mol. The van der Waals surface area contributed by atoms with Crippen LogP contribution in [-0.2, 0) is 9.22 Å². The Morgan fingerprint density at radius 1 is 1.25 bits per heavy atom. The predicted molar refractivity (Wildman–Crippen MR) is 113 cm³/mol. The van der Waals surface area contributed by atoms with Gasteiger partial charge >= 0.3 is 0 Å². The summed E-state index contributed by atoms with van der Waals surface area (Å²) in [6.07, 6.45) is 1.46. The summed E-state index contributed by atoms with van der Waals surface area (Å²) < 4.78 is 7.89. The van der Waals surface area contributed by atoms with E-state index in [4.69, 9.17) is 4.43 Å². The molecule has 7 heteroatoms. The number of nitrogens with zero attached hydrogens (tertiary/aromatic N) is 2. The second-order valence-electron chi connectivity index (χ2n) is 9.39. The molecule has 1 fully saturated rings. The Labute approximate surface area is 167 Å². The van der Waals surface area contributed by atoms with Crippen molar-refractivity contribution in [3.63, 3.8) is 0 Å². The van der Waals surface area contributed by atoms with Crippen LogP contribution in [0, 0.1) is 11.8 Å². The number of β-lactam (4-membered cyclic amide) rings is 1. The summed E-state index contributed by atoms with van der Waals surface area (Å²) in [6, 6.07) is 7.38. The molecule has 1 N–H and O–H groups in total. The quantitative estimate of drug-likeness (QED) is 0.610. The second-order valence-corrected chi connectivity index (χ2v) is 14.1. The Morgan fingerprint density at radius 2 is 1.89 bits per heavy atom. The van der Waals surface area contributed by atoms with Crippen molar-refractivity contribution in [2.45, 2.75) is 64.9 Å². The van der Waals surface area contributed by atoms with E-state index in [-0.39, 0.29) is 34.9 Å². The fraction of sp³-hybridized carbons (Fsp3) is 0.571. The van der Waals surface area contributed by atoms with Gasteiger partial charge in [-0.05, 0) is 31.1 Å². The topological polar surface area (TPSA) is 73.2 Å². The number of para-hydroxylation sites is 1. The SMILES string of the molecule is CC(C(=O)n1ncc2ccccc21)[C@@H]1NC(=O)[C@@H]1[C@@H](C)O[Si](C)(C)C(C)(C)C. The molecule has 1 aromatic carbocycles. The summed E-state index contributed by atoms with van der Waals surface area (Å²) >= 11 is 0. The first kappa shape index (κ1) is 20.7. The van der Waals surface area contributed by atoms with Crippen LogP contribution in [0.3, 0.4) is 0 Å². The van der Waals surface area contributed by atoms with Crippen molar-refractivity contribution in [3.05, 3.63) is 30.5 Å². The Bertz CT molecular complexity index is 900. The maximum absolute atomic E-state index is 13.1. The van der Waals surface area contributed by atoms with Crippen molar-refractivity contribution >= 4 is 31.0 Å². The monoisotopic (exact) mass is 401 g/mol. The van der Waals surface area contributed by atoms with Crippen LogP contribution in [0.2, 0.25) is 18.1 Å². The summed E-state index contributed by atoms with van der Waals surface area (Å²) in [7, 11) is -2.01. The number of carbonyl (C=O) groups is 2. The van der Waals surface area contributed by atoms with Gasteiger partial charge in [-0.2, -0.15) is 9.78 Å². The fourth-order valence-corrected chi connectivity index (χ4v) is 5.00. The first-order valence-electron chi connectivity index (χ1n) is 9.89. The number of fused-ring (bicyclic) bond motifs is 1. The van der Waals surface area contributed by atoms with Gasteiger partial charge in [-0.1, -0.05) is 45.9 Å². The summed E-state index contributed by atoms with van der Waals surface area (Å²) in [5, 5.41) is 8.18. The van der Waals surface area contributed by atoms with Crippen molar-refractivity contribution in [2.75, 3.05) is 0 Å². The van der Waals surface area contributed by atoms with E-state index < -0.39 is 14.2 Å². The normalized spacial score (nSPS) is 22.5. The van der Waals surface area contributed by atoms with Crippen molar-refractivity contribution in [2.24, 2.45) is 11.8 Å². The molecule has 1 aliphatic rings. The molecule has 0 radical (unpaired) electrons. The summed E-state index contributed by atoms with van der Waals surface area (Å²) in [5.41, 5.74) is 0.784. The van der Waals surface area contributed by atoms with Crippen molar-refractivity contribution < 1.29 is 14.0 Å². The molecule has 1 amide bonds. The smallest absolute Gasteiger partial charge is 0.252 e. The third kappa shape index (κ3) is 3.53. The molecule has 1 saturated heterocycles. The first-order chi connectivity index (χ1) is 12.9. The second kappa shape index (κ2) is 7.11. The lowest BCUT2D eigenvalue weighted by Crippen LogP contribution is -2.67. The van der Waals surface area contributed by atoms with Crippen LogP contribution >= 0.6 is 0 Å². The van der Waals surface area contributed by atoms with E-state index in [0.29, 0.717) is 0 Å². The van der Waals surface area contributed by atoms with E-state index in [1.807, 2.05) is 38.1 Å². The Kier molecular flexibility index (Phi) is 5.27. The number of hydrogen-bond acceptors (Lipinski definition) is 4. The van der Waals surface area contributed by atoms with Crippen LogP contribution < -0.4 is 5.32 Å². The molecule has 1 aromatic heterocycles. The zero-order valence-electron chi connectivity index (χ0n) is 17.8. The molecule has 0 spiro atoms. The number of nitrogens with one attached hydrogen (secondary N) is 1. The van der Waals surface area contributed by atoms with Gasteiger partial charge in [0.2, 0.25) is 5.91 Å². The zero-order valence-corrected chi connectivity index (χ0v) is 18.8. The lowest BCUT2D eigenvalue weighted by molar-refractivity contribution is -0.141. The van der Waals surface area contributed by atoms with Crippen LogP contribution in [0.5, 0.6) is 0 Å². The molecule has 2 heterocycles. The van der Waals surface area contributed by atoms with Gasteiger partial charge in [0.05, 0.1) is 35.7 Å². The number of rotatable bonds is 5. The third-order valence-electron chi connectivity index (χ3n) is 6.41. The van der Waals surface area contributed by atoms with Crippen molar-refractivity contribution in [1.82, 2.24) is 15.1 Å². The van der Waals surface area contributed by atoms with E-state index in [1.165, 1.54) is 4.68 Å². The molecule has 3 rings (SSSR count). The Morgan fingerprint density at radius 3 is 2.50 bits per heavy atom. The lowest BCUT2D eigenvalue weighted by atomic mass is 9.78. The molecule has 0 bridgehead atoms. The summed E-state index contributed by atoms with van der Waals surface area (Å²) in [4.78, 5) is 25.4. The number of carbonyl (C=O) groups excluding carboxylic acids is 2. The Balaban J connectivity index is 1.77. The number of hydrogen-bond donors (Lipinski definition) is 1. The molecule has 6 nitrogen and oxygen atoms in total. The van der Waals surface area contributed by atoms with Crippen molar-refractivity contribution in [1.29, 1.82) is 0 Å². The number of aromatic nitrogens is 2. The molecule has 28 heavy (non-hydrogen) atoms. The molecular formula is C21H31N3O3Si. The van der Waals surface area contributed by atoms with Gasteiger partial charge in [0, 0.05) is 5.39 Å². The van der Waals surface area contributed by atoms with Crippen LogP contribution in [-0.4, -0.2) is 42.1 Å². The van der Waals surface area contributed by atoms with Crippen LogP contribution in [0.4, 0.5) is 0 Å². The number of amides is 1. The minimum Gasteiger partial charge on any atom is -0.413 e. The molecule has 2 aromatic rings. The highest BCUT2D eigenvalue weighted by molar-refractivity contribution is 6.74. The highest BCUT2D eigenvalue weighted by Crippen LogP contribution is 2.39. The van der Waals surface area contributed by atoms with E-state index in [9.17, 15) is 9.59 Å². The van der Waals surface area contributed by atoms with Crippen LogP contribution in [0.25, 0.3) is 10.9 Å². The molecule has 0 aliphatic carbocycles. The standard InChI is InChI=1S/C21H31N3O3Si/c1-13(20(26)24-16-11-9-8-10-15(16)12-22-24)18-17(19(25)23-18)14(2)27-28(6,7)21(3,4)5/h8-14,17-18H,1-7H3,(H,23,25)/t13?,14-,17-,18+/m1/s1. The zero-order chi connectivity index (χ0) is 20.9. The molecular weight excluding hydrogens is 370 g/mol. The van der Waals surface area contributed by atoms with Gasteiger partial charge in [0.1, 0.15) is 0 Å². The van der Waals surface area contributed by atoms with Gasteiger partial charge in [-0.25, -0.2) is 0 Å². The molecule has 1 aliphatic heterocycles. The van der Waals surface area contributed by atoms with Gasteiger partial charge in [-0.15, -0.1) is 0 Å². The predicted octanol–water partition coefficient (Wildman–Crippen LogP) is 3.84. The van der Waals surface area contributed by atoms with E-state index in [1.54, 1.807) is 6.20 Å². The first-order valence-corrected chi connectivity index (χ1v) is 12.8. The highest BCUT2D eigenvalue weighted by Gasteiger charge is 2.50. The Hall–Kier alpha value is -1.99. The highest BCUT2D eigenvalue weighted by atomic mass is 28.4. The lowest BCUT2D eigenvalue weighted by Gasteiger charge is -2.46. The van der Waals surface area contributed by atoms with E-state index in [0.717, 1.165) is 10.9 Å². The van der Waals surface area contributed by atoms with Crippen LogP contribution in [0.15, 0.2) is 30.5 Å². The van der Waals surface area contributed by atoms with Gasteiger partial charge < -0.3 is 9.74 Å². The molecule has 152 valence electrons. The minimum atomic E-state index is -2.01. The van der Waals surface area contributed by atoms with E-state index in [2.05, 4.69) is 44.3 Å². The average Bonchev–Trinajstić information content (AvgIpc) is 3.00. The van der Waals surface area contributed by atoms with E-state index >= 15 is 0 Å². The molecule has 4 atom stereocenters. The van der Waals surface area contributed by atoms with Gasteiger partial charge in [-0.3, -0.25) is 9.59 Å². The fourth-order valence-electron chi connectivity index (χ4n) is 3.57. The van der Waals surface area contributed by atoms with Gasteiger partial charge in [0.15, 0.2) is 8.32 Å². The number of benzene rings is 1. The minimum absolute atomic E-state index is 0.0406. The summed E-state index contributed by atoms with van der Waals surface area (Å²) in [5.74, 6) is -0.872. The van der Waals surface area contributed by atoms with Crippen LogP contribution in [0.1, 0.15) is 39.4 Å². The largest absolute Gasteiger partial charge is 0.413 e. The third-order valence-corrected chi connectivity index (χ3v) is 11.0. The van der Waals surface area contributed by atoms with Gasteiger partial charge in [0.25, 0.3) is 5.91 Å². The molecule has 1 unspecified atom stereocenters. The molecule has 0 saturated carbocycles. The maximum Gasteiger partial charge on any atom is 0.252 e. The van der Waals surface area contributed by atoms with Crippen molar-refractivity contribution in [3.8, 4) is 0 Å². The summed E-state index contributed by atoms with van der Waals surface area (Å²) in [6.45, 7) is 14.7.